The number of rotatable bonds is 3. The first-order valence-corrected chi connectivity index (χ1v) is 5.41. The van der Waals surface area contributed by atoms with Gasteiger partial charge < -0.3 is 5.73 Å². The van der Waals surface area contributed by atoms with Crippen molar-refractivity contribution in [3.05, 3.63) is 0 Å². The molecule has 1 aliphatic carbocycles. The van der Waals surface area contributed by atoms with Gasteiger partial charge in [-0.25, -0.2) is 0 Å². The summed E-state index contributed by atoms with van der Waals surface area (Å²) in [6.45, 7) is 7.25. The molecule has 0 aromatic heterocycles. The van der Waals surface area contributed by atoms with E-state index >= 15 is 0 Å². The second kappa shape index (κ2) is 3.92. The fourth-order valence-corrected chi connectivity index (χ4v) is 2.57. The molecule has 80 valence electrons. The zero-order valence-electron chi connectivity index (χ0n) is 9.56. The topological polar surface area (TPSA) is 38.0 Å². The average Bonchev–Trinajstić information content (AvgIpc) is 2.42. The van der Waals surface area contributed by atoms with Gasteiger partial charge in [-0.05, 0) is 25.2 Å². The molecule has 0 bridgehead atoms. The summed E-state index contributed by atoms with van der Waals surface area (Å²) >= 11 is 0. The van der Waals surface area contributed by atoms with Crippen LogP contribution < -0.4 is 11.1 Å². The first-order chi connectivity index (χ1) is 6.47. The summed E-state index contributed by atoms with van der Waals surface area (Å²) in [6.07, 6.45) is 9.02. The molecule has 1 fully saturated rings. The Morgan fingerprint density at radius 3 is 2.50 bits per heavy atom. The molecule has 14 heavy (non-hydrogen) atoms. The van der Waals surface area contributed by atoms with E-state index in [-0.39, 0.29) is 17.0 Å². The Morgan fingerprint density at radius 1 is 1.50 bits per heavy atom. The summed E-state index contributed by atoms with van der Waals surface area (Å²) in [5.74, 6) is 2.72. The number of nitrogens with one attached hydrogen (secondary N) is 1. The minimum atomic E-state index is 0.0405. The van der Waals surface area contributed by atoms with Crippen LogP contribution in [0.25, 0.3) is 0 Å². The number of hydrogen-bond donors (Lipinski definition) is 2. The van der Waals surface area contributed by atoms with Crippen molar-refractivity contribution in [3.63, 3.8) is 0 Å². The van der Waals surface area contributed by atoms with Gasteiger partial charge in [-0.3, -0.25) is 5.32 Å². The van der Waals surface area contributed by atoms with Crippen molar-refractivity contribution in [2.45, 2.75) is 51.6 Å². The summed E-state index contributed by atoms with van der Waals surface area (Å²) in [7, 11) is 0. The molecule has 0 radical (unpaired) electrons. The zero-order valence-corrected chi connectivity index (χ0v) is 9.56. The highest BCUT2D eigenvalue weighted by atomic mass is 15.0. The normalized spacial score (nSPS) is 32.5. The highest BCUT2D eigenvalue weighted by molar-refractivity contribution is 5.10. The van der Waals surface area contributed by atoms with Crippen LogP contribution in [-0.4, -0.2) is 18.1 Å². The van der Waals surface area contributed by atoms with Crippen LogP contribution in [0.4, 0.5) is 0 Å². The molecular formula is C12H22N2. The molecule has 0 saturated heterocycles. The van der Waals surface area contributed by atoms with E-state index in [1.54, 1.807) is 0 Å². The van der Waals surface area contributed by atoms with Gasteiger partial charge in [-0.1, -0.05) is 26.2 Å². The van der Waals surface area contributed by atoms with Crippen molar-refractivity contribution in [1.29, 1.82) is 0 Å². The largest absolute Gasteiger partial charge is 0.329 e. The molecule has 1 rings (SSSR count). The van der Waals surface area contributed by atoms with Gasteiger partial charge in [0.05, 0.1) is 6.04 Å². The Hall–Kier alpha value is -0.520. The van der Waals surface area contributed by atoms with Gasteiger partial charge in [-0.2, -0.15) is 0 Å². The Morgan fingerprint density at radius 2 is 2.14 bits per heavy atom. The van der Waals surface area contributed by atoms with Gasteiger partial charge in [0, 0.05) is 12.1 Å². The van der Waals surface area contributed by atoms with E-state index in [9.17, 15) is 0 Å². The fourth-order valence-electron chi connectivity index (χ4n) is 2.57. The molecule has 2 unspecified atom stereocenters. The van der Waals surface area contributed by atoms with Gasteiger partial charge in [0.15, 0.2) is 0 Å². The lowest BCUT2D eigenvalue weighted by Gasteiger charge is -2.43. The molecule has 0 heterocycles. The van der Waals surface area contributed by atoms with E-state index < -0.39 is 0 Å². The number of hydrogen-bond acceptors (Lipinski definition) is 2. The Kier molecular flexibility index (Phi) is 3.24. The summed E-state index contributed by atoms with van der Waals surface area (Å²) in [5.41, 5.74) is 6.21. The van der Waals surface area contributed by atoms with Crippen molar-refractivity contribution in [2.24, 2.45) is 11.1 Å². The number of nitrogens with two attached hydrogens (primary N) is 1. The Bertz CT molecular complexity index is 239. The highest BCUT2D eigenvalue weighted by Gasteiger charge is 2.47. The highest BCUT2D eigenvalue weighted by Crippen LogP contribution is 2.45. The van der Waals surface area contributed by atoms with Crippen LogP contribution in [0.1, 0.15) is 40.0 Å². The molecule has 2 atom stereocenters. The maximum atomic E-state index is 5.92. The lowest BCUT2D eigenvalue weighted by atomic mass is 9.74. The van der Waals surface area contributed by atoms with E-state index in [1.807, 2.05) is 6.92 Å². The van der Waals surface area contributed by atoms with Crippen LogP contribution in [0.15, 0.2) is 0 Å². The van der Waals surface area contributed by atoms with Gasteiger partial charge >= 0.3 is 0 Å². The fraction of sp³-hybridized carbons (Fsp3) is 0.833. The van der Waals surface area contributed by atoms with Crippen molar-refractivity contribution in [2.75, 3.05) is 6.54 Å². The first-order valence-electron chi connectivity index (χ1n) is 5.41. The van der Waals surface area contributed by atoms with Gasteiger partial charge in [0.1, 0.15) is 0 Å². The van der Waals surface area contributed by atoms with Crippen LogP contribution in [0.2, 0.25) is 0 Å². The maximum absolute atomic E-state index is 5.92. The summed E-state index contributed by atoms with van der Waals surface area (Å²) in [5, 5.41) is 3.52. The molecule has 0 spiro atoms. The first kappa shape index (κ1) is 11.6. The molecular weight excluding hydrogens is 172 g/mol. The monoisotopic (exact) mass is 194 g/mol. The quantitative estimate of drug-likeness (QED) is 0.668. The van der Waals surface area contributed by atoms with Gasteiger partial charge in [0.25, 0.3) is 0 Å². The average molecular weight is 194 g/mol. The van der Waals surface area contributed by atoms with Crippen molar-refractivity contribution >= 4 is 0 Å². The molecule has 0 aliphatic heterocycles. The second-order valence-electron chi connectivity index (χ2n) is 5.06. The van der Waals surface area contributed by atoms with E-state index in [2.05, 4.69) is 25.1 Å². The smallest absolute Gasteiger partial charge is 0.0663 e. The van der Waals surface area contributed by atoms with Crippen LogP contribution in [0.3, 0.4) is 0 Å². The lowest BCUT2D eigenvalue weighted by molar-refractivity contribution is 0.158. The lowest BCUT2D eigenvalue weighted by Crippen LogP contribution is -2.60. The molecule has 1 aliphatic rings. The molecule has 0 aromatic carbocycles. The third-order valence-electron chi connectivity index (χ3n) is 3.79. The van der Waals surface area contributed by atoms with Gasteiger partial charge in [-0.15, -0.1) is 6.42 Å². The molecule has 2 nitrogen and oxygen atoms in total. The molecule has 1 saturated carbocycles. The van der Waals surface area contributed by atoms with Crippen LogP contribution >= 0.6 is 0 Å². The zero-order chi connectivity index (χ0) is 10.8. The minimum absolute atomic E-state index is 0.0405. The maximum Gasteiger partial charge on any atom is 0.0663 e. The summed E-state index contributed by atoms with van der Waals surface area (Å²) in [6, 6.07) is 0.107. The van der Waals surface area contributed by atoms with Crippen molar-refractivity contribution in [1.82, 2.24) is 5.32 Å². The Balaban J connectivity index is 2.82. The van der Waals surface area contributed by atoms with Gasteiger partial charge in [0.2, 0.25) is 0 Å². The summed E-state index contributed by atoms with van der Waals surface area (Å²) in [4.78, 5) is 0. The van der Waals surface area contributed by atoms with E-state index in [0.29, 0.717) is 6.54 Å². The number of terminal acetylenes is 1. The predicted molar refractivity (Wildman–Crippen MR) is 60.8 cm³/mol. The van der Waals surface area contributed by atoms with Crippen LogP contribution in [-0.2, 0) is 0 Å². The van der Waals surface area contributed by atoms with Crippen LogP contribution in [0.5, 0.6) is 0 Å². The third kappa shape index (κ3) is 1.80. The second-order valence-corrected chi connectivity index (χ2v) is 5.06. The summed E-state index contributed by atoms with van der Waals surface area (Å²) < 4.78 is 0. The molecule has 2 heteroatoms. The molecule has 0 amide bonds. The SMILES string of the molecule is C#CC(C)NC1(CN)CCCC1(C)C. The minimum Gasteiger partial charge on any atom is -0.329 e. The van der Waals surface area contributed by atoms with E-state index in [0.717, 1.165) is 6.42 Å². The predicted octanol–water partition coefficient (Wildman–Crippen LogP) is 1.51. The Labute approximate surface area is 87.6 Å². The standard InChI is InChI=1S/C12H22N2/c1-5-10(2)14-12(9-13)8-6-7-11(12,3)4/h1,10,14H,6-9,13H2,2-4H3. The third-order valence-corrected chi connectivity index (χ3v) is 3.79. The van der Waals surface area contributed by atoms with Crippen molar-refractivity contribution in [3.8, 4) is 12.3 Å². The molecule has 0 aromatic rings. The van der Waals surface area contributed by atoms with E-state index in [4.69, 9.17) is 12.2 Å². The van der Waals surface area contributed by atoms with Crippen molar-refractivity contribution < 1.29 is 0 Å². The van der Waals surface area contributed by atoms with Crippen LogP contribution in [0, 0.1) is 17.8 Å². The van der Waals surface area contributed by atoms with E-state index in [1.165, 1.54) is 12.8 Å². The molecule has 3 N–H and O–H groups in total.